The van der Waals surface area contributed by atoms with E-state index < -0.39 is 0 Å². The van der Waals surface area contributed by atoms with E-state index >= 15 is 0 Å². The molecule has 96 valence electrons. The summed E-state index contributed by atoms with van der Waals surface area (Å²) in [5.74, 6) is 2.87. The van der Waals surface area contributed by atoms with Crippen molar-refractivity contribution in [3.63, 3.8) is 0 Å². The maximum atomic E-state index is 2.31. The Balaban J connectivity index is 1.39. The van der Waals surface area contributed by atoms with Crippen molar-refractivity contribution >= 4 is 95.2 Å². The van der Waals surface area contributed by atoms with Crippen molar-refractivity contribution in [3.8, 4) is 0 Å². The quantitative estimate of drug-likeness (QED) is 0.212. The van der Waals surface area contributed by atoms with Gasteiger partial charge in [0, 0.05) is 0 Å². The zero-order valence-electron chi connectivity index (χ0n) is 9.85. The zero-order valence-corrected chi connectivity index (χ0v) is 18.5. The van der Waals surface area contributed by atoms with Gasteiger partial charge in [0.1, 0.15) is 0 Å². The summed E-state index contributed by atoms with van der Waals surface area (Å²) in [6, 6.07) is 0. The predicted molar refractivity (Wildman–Crippen MR) is 87.9 cm³/mol. The van der Waals surface area contributed by atoms with Gasteiger partial charge < -0.3 is 0 Å². The topological polar surface area (TPSA) is 0 Å². The monoisotopic (exact) mass is 616 g/mol. The van der Waals surface area contributed by atoms with Gasteiger partial charge in [-0.05, 0) is 0 Å². The van der Waals surface area contributed by atoms with E-state index in [2.05, 4.69) is 67.2 Å². The van der Waals surface area contributed by atoms with Crippen molar-refractivity contribution in [2.75, 3.05) is 11.5 Å². The van der Waals surface area contributed by atoms with Crippen molar-refractivity contribution in [1.82, 2.24) is 0 Å². The van der Waals surface area contributed by atoms with Crippen molar-refractivity contribution in [2.45, 2.75) is 45.1 Å². The van der Waals surface area contributed by atoms with Crippen molar-refractivity contribution in [2.24, 2.45) is 0 Å². The molecule has 0 nitrogen and oxygen atoms in total. The molecule has 0 bridgehead atoms. The van der Waals surface area contributed by atoms with Crippen LogP contribution in [-0.2, 0) is 0 Å². The first-order valence-electron chi connectivity index (χ1n) is 6.08. The molecular formula is C12H18S2Te3. The summed E-state index contributed by atoms with van der Waals surface area (Å²) >= 11 is 9.23. The van der Waals surface area contributed by atoms with Crippen LogP contribution in [-0.4, -0.2) is 93.7 Å². The summed E-state index contributed by atoms with van der Waals surface area (Å²) in [5.41, 5.74) is 0. The molecule has 0 aliphatic carbocycles. The first kappa shape index (κ1) is 16.2. The van der Waals surface area contributed by atoms with Crippen LogP contribution >= 0.6 is 23.5 Å². The number of hydrogen-bond donors (Lipinski definition) is 0. The Morgan fingerprint density at radius 1 is 0.941 bits per heavy atom. The van der Waals surface area contributed by atoms with Crippen LogP contribution in [0.25, 0.3) is 0 Å². The molecule has 5 heteroatoms. The van der Waals surface area contributed by atoms with Crippen molar-refractivity contribution in [3.05, 3.63) is 0 Å². The van der Waals surface area contributed by atoms with E-state index in [4.69, 9.17) is 0 Å². The van der Waals surface area contributed by atoms with Gasteiger partial charge in [0.2, 0.25) is 0 Å². The SMILES string of the molecule is [Te]=C(CC[Te]CCC(=[Te])CC1CS1)CC1CS1. The molecule has 0 saturated carbocycles. The molecule has 2 unspecified atom stereocenters. The number of thioether (sulfide) groups is 2. The Morgan fingerprint density at radius 2 is 1.35 bits per heavy atom. The average Bonchev–Trinajstić information content (AvgIpc) is 3.13. The van der Waals surface area contributed by atoms with Crippen molar-refractivity contribution in [1.29, 1.82) is 0 Å². The first-order valence-corrected chi connectivity index (χ1v) is 13.8. The van der Waals surface area contributed by atoms with Gasteiger partial charge in [0.05, 0.1) is 0 Å². The van der Waals surface area contributed by atoms with Gasteiger partial charge in [-0.3, -0.25) is 0 Å². The molecule has 2 heterocycles. The third-order valence-corrected chi connectivity index (χ3v) is 9.64. The molecule has 0 radical (unpaired) electrons. The van der Waals surface area contributed by atoms with E-state index in [1.54, 1.807) is 16.0 Å². The summed E-state index contributed by atoms with van der Waals surface area (Å²) in [4.78, 5) is 0. The Morgan fingerprint density at radius 3 is 1.71 bits per heavy atom. The van der Waals surface area contributed by atoms with Crippen LogP contribution in [0.4, 0.5) is 0 Å². The van der Waals surface area contributed by atoms with Crippen LogP contribution in [0.3, 0.4) is 0 Å². The molecule has 0 aromatic rings. The fourth-order valence-corrected chi connectivity index (χ4v) is 10.4. The Hall–Kier alpha value is 2.81. The Labute approximate surface area is 149 Å². The second kappa shape index (κ2) is 8.96. The second-order valence-corrected chi connectivity index (χ2v) is 14.0. The minimum absolute atomic E-state index is 0.323. The van der Waals surface area contributed by atoms with Crippen LogP contribution in [0, 0.1) is 0 Å². The van der Waals surface area contributed by atoms with Gasteiger partial charge in [0.25, 0.3) is 0 Å². The molecule has 2 fully saturated rings. The van der Waals surface area contributed by atoms with E-state index in [1.165, 1.54) is 37.2 Å². The fourth-order valence-electron chi connectivity index (χ4n) is 1.56. The van der Waals surface area contributed by atoms with Gasteiger partial charge in [-0.15, -0.1) is 0 Å². The minimum atomic E-state index is 0.323. The molecule has 2 saturated heterocycles. The van der Waals surface area contributed by atoms with Gasteiger partial charge in [-0.1, -0.05) is 0 Å². The van der Waals surface area contributed by atoms with Crippen LogP contribution < -0.4 is 0 Å². The van der Waals surface area contributed by atoms with E-state index in [0.29, 0.717) is 20.9 Å². The molecule has 2 rings (SSSR count). The molecule has 0 aromatic heterocycles. The standard InChI is InChI=1S/C12H18S2Te3/c15-11(5-9-7-13-9)1-3-17-4-2-12(16)6-10-8-14-10/h9-10H,1-8H2. The van der Waals surface area contributed by atoms with Crippen LogP contribution in [0.2, 0.25) is 8.94 Å². The Kier molecular flexibility index (Phi) is 8.53. The summed E-state index contributed by atoms with van der Waals surface area (Å²) < 4.78 is 6.69. The molecule has 2 aliphatic heterocycles. The Bertz CT molecular complexity index is 257. The fraction of sp³-hybridized carbons (Fsp3) is 0.833. The molecular weight excluding hydrogens is 591 g/mol. The van der Waals surface area contributed by atoms with E-state index in [0.717, 1.165) is 10.5 Å². The molecule has 2 atom stereocenters. The first-order chi connectivity index (χ1) is 8.24. The molecule has 0 spiro atoms. The van der Waals surface area contributed by atoms with Crippen LogP contribution in [0.15, 0.2) is 0 Å². The van der Waals surface area contributed by atoms with Gasteiger partial charge >= 0.3 is 152 Å². The third-order valence-electron chi connectivity index (χ3n) is 2.77. The summed E-state index contributed by atoms with van der Waals surface area (Å²) in [6.45, 7) is 0. The maximum absolute atomic E-state index is 2.31. The van der Waals surface area contributed by atoms with Crippen LogP contribution in [0.1, 0.15) is 25.7 Å². The molecule has 17 heavy (non-hydrogen) atoms. The second-order valence-electron chi connectivity index (χ2n) is 4.51. The number of hydrogen-bond acceptors (Lipinski definition) is 2. The van der Waals surface area contributed by atoms with E-state index in [9.17, 15) is 0 Å². The van der Waals surface area contributed by atoms with Gasteiger partial charge in [0.15, 0.2) is 0 Å². The average molecular weight is 609 g/mol. The van der Waals surface area contributed by atoms with Gasteiger partial charge in [-0.25, -0.2) is 0 Å². The number of rotatable bonds is 10. The van der Waals surface area contributed by atoms with Crippen molar-refractivity contribution < 1.29 is 0 Å². The summed E-state index contributed by atoms with van der Waals surface area (Å²) in [7, 11) is 0. The zero-order chi connectivity index (χ0) is 12.1. The third kappa shape index (κ3) is 8.63. The van der Waals surface area contributed by atoms with E-state index in [1.807, 2.05) is 0 Å². The molecule has 0 N–H and O–H groups in total. The summed E-state index contributed by atoms with van der Waals surface area (Å²) in [5, 5.41) is 2.04. The summed E-state index contributed by atoms with van der Waals surface area (Å²) in [6.07, 6.45) is 5.74. The molecule has 2 aliphatic rings. The molecule has 0 aromatic carbocycles. The normalized spacial score (nSPS) is 25.6. The molecule has 0 amide bonds. The predicted octanol–water partition coefficient (Wildman–Crippen LogP) is 2.00. The van der Waals surface area contributed by atoms with Crippen LogP contribution in [0.5, 0.6) is 0 Å². The van der Waals surface area contributed by atoms with E-state index in [-0.39, 0.29) is 0 Å². The van der Waals surface area contributed by atoms with Gasteiger partial charge in [-0.2, -0.15) is 0 Å².